The summed E-state index contributed by atoms with van der Waals surface area (Å²) in [6, 6.07) is 0.775. The molecule has 9 heteroatoms. The number of carboxylic acid groups (broad SMARTS) is 1. The average molecular weight is 321 g/mol. The number of carbonyl (C=O) groups excluding carboxylic acids is 1. The minimum absolute atomic E-state index is 0.251. The summed E-state index contributed by atoms with van der Waals surface area (Å²) in [4.78, 5) is 22.8. The Morgan fingerprint density at radius 3 is 2.32 bits per heavy atom. The lowest BCUT2D eigenvalue weighted by Gasteiger charge is -2.31. The van der Waals surface area contributed by atoms with E-state index in [1.165, 1.54) is 0 Å². The third kappa shape index (κ3) is 4.74. The van der Waals surface area contributed by atoms with Crippen LogP contribution in [0.15, 0.2) is 12.3 Å². The van der Waals surface area contributed by atoms with Gasteiger partial charge in [0.2, 0.25) is 5.91 Å². The van der Waals surface area contributed by atoms with Crippen LogP contribution in [0.4, 0.5) is 13.2 Å². The SMILES string of the molecule is CCC(CC)(CC(=O)O)NC(=O)Cn1ccc(C(F)(F)F)n1. The van der Waals surface area contributed by atoms with Crippen molar-refractivity contribution in [2.45, 2.75) is 51.4 Å². The molecule has 0 saturated carbocycles. The number of amides is 1. The number of alkyl halides is 3. The van der Waals surface area contributed by atoms with Crippen molar-refractivity contribution in [2.24, 2.45) is 0 Å². The van der Waals surface area contributed by atoms with Crippen molar-refractivity contribution in [1.82, 2.24) is 15.1 Å². The van der Waals surface area contributed by atoms with E-state index in [0.29, 0.717) is 12.8 Å². The normalized spacial score (nSPS) is 12.2. The Balaban J connectivity index is 2.76. The van der Waals surface area contributed by atoms with Crippen LogP contribution in [-0.4, -0.2) is 32.3 Å². The average Bonchev–Trinajstić information content (AvgIpc) is 2.85. The molecule has 22 heavy (non-hydrogen) atoms. The van der Waals surface area contributed by atoms with Gasteiger partial charge in [0.25, 0.3) is 0 Å². The predicted octanol–water partition coefficient (Wildman–Crippen LogP) is 2.05. The Kier molecular flexibility index (Phi) is 5.56. The molecule has 0 saturated heterocycles. The summed E-state index contributed by atoms with van der Waals surface area (Å²) in [5.74, 6) is -1.63. The van der Waals surface area contributed by atoms with E-state index in [2.05, 4.69) is 10.4 Å². The van der Waals surface area contributed by atoms with Crippen LogP contribution in [0.5, 0.6) is 0 Å². The summed E-state index contributed by atoms with van der Waals surface area (Å²) in [6.07, 6.45) is -2.97. The molecule has 1 aromatic rings. The fraction of sp³-hybridized carbons (Fsp3) is 0.615. The molecule has 6 nitrogen and oxygen atoms in total. The number of aliphatic carboxylic acids is 1. The van der Waals surface area contributed by atoms with Gasteiger partial charge in [0, 0.05) is 6.20 Å². The third-order valence-electron chi connectivity index (χ3n) is 3.48. The number of nitrogens with one attached hydrogen (secondary N) is 1. The van der Waals surface area contributed by atoms with Gasteiger partial charge in [-0.25, -0.2) is 0 Å². The van der Waals surface area contributed by atoms with E-state index < -0.39 is 35.8 Å². The van der Waals surface area contributed by atoms with E-state index in [1.807, 2.05) is 0 Å². The number of hydrogen-bond donors (Lipinski definition) is 2. The third-order valence-corrected chi connectivity index (χ3v) is 3.48. The molecule has 1 heterocycles. The second-order valence-electron chi connectivity index (χ2n) is 5.00. The molecule has 1 aromatic heterocycles. The fourth-order valence-corrected chi connectivity index (χ4v) is 2.09. The maximum atomic E-state index is 12.4. The molecule has 0 atom stereocenters. The molecule has 1 amide bonds. The Morgan fingerprint density at radius 2 is 1.91 bits per heavy atom. The van der Waals surface area contributed by atoms with Crippen molar-refractivity contribution < 1.29 is 27.9 Å². The molecule has 0 bridgehead atoms. The quantitative estimate of drug-likeness (QED) is 0.805. The summed E-state index contributed by atoms with van der Waals surface area (Å²) in [7, 11) is 0. The Hall–Kier alpha value is -2.06. The first-order chi connectivity index (χ1) is 10.1. The van der Waals surface area contributed by atoms with Gasteiger partial charge in [-0.3, -0.25) is 14.3 Å². The highest BCUT2D eigenvalue weighted by atomic mass is 19.4. The topological polar surface area (TPSA) is 84.2 Å². The molecule has 0 fully saturated rings. The van der Waals surface area contributed by atoms with Crippen molar-refractivity contribution in [2.75, 3.05) is 0 Å². The van der Waals surface area contributed by atoms with Gasteiger partial charge in [0.15, 0.2) is 5.69 Å². The predicted molar refractivity (Wildman–Crippen MR) is 70.9 cm³/mol. The summed E-state index contributed by atoms with van der Waals surface area (Å²) >= 11 is 0. The molecule has 0 aliphatic heterocycles. The van der Waals surface area contributed by atoms with E-state index >= 15 is 0 Å². The maximum absolute atomic E-state index is 12.4. The minimum Gasteiger partial charge on any atom is -0.481 e. The smallest absolute Gasteiger partial charge is 0.435 e. The summed E-state index contributed by atoms with van der Waals surface area (Å²) in [5.41, 5.74) is -1.99. The zero-order valence-electron chi connectivity index (χ0n) is 12.3. The van der Waals surface area contributed by atoms with Crippen LogP contribution in [-0.2, 0) is 22.3 Å². The van der Waals surface area contributed by atoms with Gasteiger partial charge >= 0.3 is 12.1 Å². The van der Waals surface area contributed by atoms with E-state index in [4.69, 9.17) is 5.11 Å². The van der Waals surface area contributed by atoms with Gasteiger partial charge < -0.3 is 10.4 Å². The van der Waals surface area contributed by atoms with Gasteiger partial charge in [-0.2, -0.15) is 18.3 Å². The van der Waals surface area contributed by atoms with Crippen LogP contribution in [0.25, 0.3) is 0 Å². The van der Waals surface area contributed by atoms with Crippen LogP contribution in [0.2, 0.25) is 0 Å². The number of carbonyl (C=O) groups is 2. The molecule has 0 unspecified atom stereocenters. The summed E-state index contributed by atoms with van der Waals surface area (Å²) in [6.45, 7) is 3.07. The number of rotatable bonds is 7. The molecule has 0 spiro atoms. The molecule has 0 aliphatic rings. The highest BCUT2D eigenvalue weighted by molar-refractivity contribution is 5.78. The van der Waals surface area contributed by atoms with Crippen LogP contribution in [0, 0.1) is 0 Å². The molecule has 0 radical (unpaired) electrons. The highest BCUT2D eigenvalue weighted by Crippen LogP contribution is 2.27. The number of carboxylic acids is 1. The first-order valence-electron chi connectivity index (χ1n) is 6.75. The molecule has 0 aromatic carbocycles. The van der Waals surface area contributed by atoms with Crippen LogP contribution >= 0.6 is 0 Å². The monoisotopic (exact) mass is 321 g/mol. The molecule has 0 aliphatic carbocycles. The van der Waals surface area contributed by atoms with Gasteiger partial charge in [0.1, 0.15) is 6.54 Å². The first-order valence-corrected chi connectivity index (χ1v) is 6.75. The lowest BCUT2D eigenvalue weighted by molar-refractivity contribution is -0.142. The Morgan fingerprint density at radius 1 is 1.32 bits per heavy atom. The summed E-state index contributed by atoms with van der Waals surface area (Å²) < 4.78 is 38.1. The van der Waals surface area contributed by atoms with Gasteiger partial charge in [-0.15, -0.1) is 0 Å². The maximum Gasteiger partial charge on any atom is 0.435 e. The molecular formula is C13H18F3N3O3. The van der Waals surface area contributed by atoms with Gasteiger partial charge in [0.05, 0.1) is 12.0 Å². The standard InChI is InChI=1S/C13H18F3N3O3/c1-3-12(4-2,7-11(21)22)17-10(20)8-19-6-5-9(18-19)13(14,15)16/h5-6H,3-4,7-8H2,1-2H3,(H,17,20)(H,21,22). The molecule has 2 N–H and O–H groups in total. The number of aromatic nitrogens is 2. The van der Waals surface area contributed by atoms with Gasteiger partial charge in [-0.1, -0.05) is 13.8 Å². The minimum atomic E-state index is -4.57. The second-order valence-corrected chi connectivity index (χ2v) is 5.00. The van der Waals surface area contributed by atoms with Crippen molar-refractivity contribution in [3.05, 3.63) is 18.0 Å². The number of halogens is 3. The zero-order valence-corrected chi connectivity index (χ0v) is 12.3. The highest BCUT2D eigenvalue weighted by Gasteiger charge is 2.34. The van der Waals surface area contributed by atoms with Gasteiger partial charge in [-0.05, 0) is 18.9 Å². The van der Waals surface area contributed by atoms with Crippen molar-refractivity contribution in [3.63, 3.8) is 0 Å². The lowest BCUT2D eigenvalue weighted by atomic mass is 9.89. The van der Waals surface area contributed by atoms with Crippen LogP contribution < -0.4 is 5.32 Å². The lowest BCUT2D eigenvalue weighted by Crippen LogP contribution is -2.50. The van der Waals surface area contributed by atoms with E-state index in [0.717, 1.165) is 16.9 Å². The largest absolute Gasteiger partial charge is 0.481 e. The van der Waals surface area contributed by atoms with Crippen molar-refractivity contribution in [3.8, 4) is 0 Å². The first kappa shape index (κ1) is 18.0. The Labute approximate surface area is 125 Å². The Bertz CT molecular complexity index is 536. The molecular weight excluding hydrogens is 303 g/mol. The second kappa shape index (κ2) is 6.80. The van der Waals surface area contributed by atoms with E-state index in [-0.39, 0.29) is 6.42 Å². The van der Waals surface area contributed by atoms with Crippen molar-refractivity contribution >= 4 is 11.9 Å². The van der Waals surface area contributed by atoms with Crippen LogP contribution in [0.3, 0.4) is 0 Å². The fourth-order valence-electron chi connectivity index (χ4n) is 2.09. The summed E-state index contributed by atoms with van der Waals surface area (Å²) in [5, 5.41) is 14.8. The molecule has 124 valence electrons. The zero-order chi connectivity index (χ0) is 17.0. The van der Waals surface area contributed by atoms with Crippen molar-refractivity contribution in [1.29, 1.82) is 0 Å². The van der Waals surface area contributed by atoms with Crippen LogP contribution in [0.1, 0.15) is 38.8 Å². The number of hydrogen-bond acceptors (Lipinski definition) is 3. The van der Waals surface area contributed by atoms with E-state index in [1.54, 1.807) is 13.8 Å². The molecule has 1 rings (SSSR count). The van der Waals surface area contributed by atoms with E-state index in [9.17, 15) is 22.8 Å². The number of nitrogens with zero attached hydrogens (tertiary/aromatic N) is 2.